The van der Waals surface area contributed by atoms with E-state index in [1.54, 1.807) is 4.31 Å². The molecule has 1 heterocycles. The van der Waals surface area contributed by atoms with Crippen molar-refractivity contribution in [3.05, 3.63) is 0 Å². The van der Waals surface area contributed by atoms with Crippen LogP contribution < -0.4 is 0 Å². The van der Waals surface area contributed by atoms with E-state index >= 15 is 0 Å². The molecule has 0 aromatic carbocycles. The van der Waals surface area contributed by atoms with Crippen molar-refractivity contribution >= 4 is 16.0 Å². The van der Waals surface area contributed by atoms with Crippen LogP contribution in [0.25, 0.3) is 0 Å². The van der Waals surface area contributed by atoms with Gasteiger partial charge in [-0.3, -0.25) is 4.79 Å². The Morgan fingerprint density at radius 3 is 2.30 bits per heavy atom. The maximum absolute atomic E-state index is 12.8. The van der Waals surface area contributed by atoms with Gasteiger partial charge in [0.25, 0.3) is 0 Å². The number of ether oxygens (including phenoxy) is 1. The second-order valence-corrected chi connectivity index (χ2v) is 8.56. The molecule has 0 amide bonds. The lowest BCUT2D eigenvalue weighted by Crippen LogP contribution is -2.48. The van der Waals surface area contributed by atoms with Gasteiger partial charge in [-0.1, -0.05) is 20.3 Å². The van der Waals surface area contributed by atoms with Crippen LogP contribution in [0.5, 0.6) is 0 Å². The third kappa shape index (κ3) is 3.01. The zero-order valence-electron chi connectivity index (χ0n) is 12.5. The summed E-state index contributed by atoms with van der Waals surface area (Å²) in [5, 5.41) is -0.590. The summed E-state index contributed by atoms with van der Waals surface area (Å²) < 4.78 is 32.0. The standard InChI is InChI=1S/C14H25NO4S/c1-10-7-11(2)9-15(8-10)20(17,18)13-6-4-5-12(13)14(16)19-3/h10-13H,4-9H2,1-3H3/t10-,11-,12+,13-/m0/s1. The van der Waals surface area contributed by atoms with Crippen molar-refractivity contribution in [2.45, 2.75) is 44.8 Å². The number of hydrogen-bond donors (Lipinski definition) is 0. The average molecular weight is 303 g/mol. The van der Waals surface area contributed by atoms with Crippen molar-refractivity contribution in [2.24, 2.45) is 17.8 Å². The number of carbonyl (C=O) groups excluding carboxylic acids is 1. The zero-order valence-corrected chi connectivity index (χ0v) is 13.4. The van der Waals surface area contributed by atoms with Crippen LogP contribution >= 0.6 is 0 Å². The molecule has 0 spiro atoms. The minimum absolute atomic E-state index is 0.380. The first kappa shape index (κ1) is 15.8. The quantitative estimate of drug-likeness (QED) is 0.744. The molecule has 4 atom stereocenters. The topological polar surface area (TPSA) is 63.7 Å². The molecule has 6 heteroatoms. The van der Waals surface area contributed by atoms with Crippen LogP contribution in [0.2, 0.25) is 0 Å². The molecule has 1 saturated heterocycles. The van der Waals surface area contributed by atoms with Crippen molar-refractivity contribution in [1.29, 1.82) is 0 Å². The van der Waals surface area contributed by atoms with E-state index in [9.17, 15) is 13.2 Å². The Hall–Kier alpha value is -0.620. The van der Waals surface area contributed by atoms with Crippen LogP contribution in [0.15, 0.2) is 0 Å². The Morgan fingerprint density at radius 1 is 1.15 bits per heavy atom. The van der Waals surface area contributed by atoms with E-state index in [0.717, 1.165) is 12.8 Å². The van der Waals surface area contributed by atoms with Crippen LogP contribution in [0, 0.1) is 17.8 Å². The molecule has 0 aromatic rings. The minimum Gasteiger partial charge on any atom is -0.469 e. The number of esters is 1. The Kier molecular flexibility index (Phi) is 4.74. The molecule has 0 N–H and O–H groups in total. The molecule has 2 rings (SSSR count). The number of methoxy groups -OCH3 is 1. The van der Waals surface area contributed by atoms with Gasteiger partial charge in [-0.2, -0.15) is 0 Å². The SMILES string of the molecule is COC(=O)[C@@H]1CCC[C@@H]1S(=O)(=O)N1C[C@@H](C)C[C@H](C)C1. The van der Waals surface area contributed by atoms with Crippen LogP contribution in [0.1, 0.15) is 39.5 Å². The average Bonchev–Trinajstić information content (AvgIpc) is 2.86. The number of rotatable bonds is 3. The second kappa shape index (κ2) is 6.02. The minimum atomic E-state index is -3.40. The maximum atomic E-state index is 12.8. The first-order valence-electron chi connectivity index (χ1n) is 7.43. The molecule has 2 aliphatic rings. The van der Waals surface area contributed by atoms with Crippen LogP contribution in [0.4, 0.5) is 0 Å². The van der Waals surface area contributed by atoms with Crippen LogP contribution in [-0.4, -0.2) is 44.1 Å². The van der Waals surface area contributed by atoms with Crippen LogP contribution in [0.3, 0.4) is 0 Å². The van der Waals surface area contributed by atoms with Crippen LogP contribution in [-0.2, 0) is 19.6 Å². The lowest BCUT2D eigenvalue weighted by atomic mass is 9.94. The van der Waals surface area contributed by atoms with Crippen molar-refractivity contribution in [3.63, 3.8) is 0 Å². The monoisotopic (exact) mass is 303 g/mol. The molecule has 1 aliphatic carbocycles. The highest BCUT2D eigenvalue weighted by atomic mass is 32.2. The Labute approximate surface area is 121 Å². The predicted molar refractivity (Wildman–Crippen MR) is 76.6 cm³/mol. The number of sulfonamides is 1. The van der Waals surface area contributed by atoms with E-state index in [4.69, 9.17) is 4.74 Å². The number of carbonyl (C=O) groups is 1. The van der Waals surface area contributed by atoms with Gasteiger partial charge in [0.15, 0.2) is 0 Å². The predicted octanol–water partition coefficient (Wildman–Crippen LogP) is 1.64. The van der Waals surface area contributed by atoms with E-state index < -0.39 is 21.2 Å². The van der Waals surface area contributed by atoms with Gasteiger partial charge in [-0.25, -0.2) is 12.7 Å². The molecule has 20 heavy (non-hydrogen) atoms. The molecule has 2 fully saturated rings. The zero-order chi connectivity index (χ0) is 14.9. The summed E-state index contributed by atoms with van der Waals surface area (Å²) in [6.07, 6.45) is 3.04. The van der Waals surface area contributed by atoms with E-state index in [2.05, 4.69) is 13.8 Å². The molecule has 1 aliphatic heterocycles. The summed E-state index contributed by atoms with van der Waals surface area (Å²) in [5.41, 5.74) is 0. The van der Waals surface area contributed by atoms with Gasteiger partial charge in [-0.15, -0.1) is 0 Å². The van der Waals surface area contributed by atoms with E-state index in [1.165, 1.54) is 7.11 Å². The van der Waals surface area contributed by atoms with Crippen molar-refractivity contribution in [3.8, 4) is 0 Å². The highest BCUT2D eigenvalue weighted by Gasteiger charge is 2.45. The van der Waals surface area contributed by atoms with Gasteiger partial charge in [0.1, 0.15) is 0 Å². The Morgan fingerprint density at radius 2 is 1.75 bits per heavy atom. The summed E-state index contributed by atoms with van der Waals surface area (Å²) in [4.78, 5) is 11.8. The summed E-state index contributed by atoms with van der Waals surface area (Å²) in [6, 6.07) is 0. The van der Waals surface area contributed by atoms with Gasteiger partial charge >= 0.3 is 5.97 Å². The molecular weight excluding hydrogens is 278 g/mol. The second-order valence-electron chi connectivity index (χ2n) is 6.41. The molecule has 1 saturated carbocycles. The van der Waals surface area contributed by atoms with Crippen molar-refractivity contribution < 1.29 is 17.9 Å². The molecule has 0 bridgehead atoms. The summed E-state index contributed by atoms with van der Waals surface area (Å²) in [5.74, 6) is -0.107. The van der Waals surface area contributed by atoms with Gasteiger partial charge in [0.2, 0.25) is 10.0 Å². The van der Waals surface area contributed by atoms with E-state index in [0.29, 0.717) is 37.8 Å². The highest BCUT2D eigenvalue weighted by molar-refractivity contribution is 7.89. The molecule has 0 unspecified atom stereocenters. The van der Waals surface area contributed by atoms with E-state index in [-0.39, 0.29) is 5.97 Å². The smallest absolute Gasteiger partial charge is 0.310 e. The fraction of sp³-hybridized carbons (Fsp3) is 0.929. The third-order valence-electron chi connectivity index (χ3n) is 4.53. The first-order valence-corrected chi connectivity index (χ1v) is 8.93. The Balaban J connectivity index is 2.19. The lowest BCUT2D eigenvalue weighted by molar-refractivity contribution is -0.145. The fourth-order valence-electron chi connectivity index (χ4n) is 3.71. The molecular formula is C14H25NO4S. The largest absolute Gasteiger partial charge is 0.469 e. The molecule has 0 aromatic heterocycles. The first-order chi connectivity index (χ1) is 9.36. The number of hydrogen-bond acceptors (Lipinski definition) is 4. The van der Waals surface area contributed by atoms with Gasteiger partial charge in [0, 0.05) is 13.1 Å². The summed E-state index contributed by atoms with van der Waals surface area (Å²) in [6.45, 7) is 5.34. The molecule has 0 radical (unpaired) electrons. The summed E-state index contributed by atoms with van der Waals surface area (Å²) in [7, 11) is -2.07. The highest BCUT2D eigenvalue weighted by Crippen LogP contribution is 2.35. The number of nitrogens with zero attached hydrogens (tertiary/aromatic N) is 1. The fourth-order valence-corrected chi connectivity index (χ4v) is 6.14. The van der Waals surface area contributed by atoms with Gasteiger partial charge in [-0.05, 0) is 31.1 Å². The third-order valence-corrected chi connectivity index (χ3v) is 6.88. The van der Waals surface area contributed by atoms with Gasteiger partial charge < -0.3 is 4.74 Å². The summed E-state index contributed by atoms with van der Waals surface area (Å²) >= 11 is 0. The Bertz CT molecular complexity index is 452. The van der Waals surface area contributed by atoms with Gasteiger partial charge in [0.05, 0.1) is 18.3 Å². The lowest BCUT2D eigenvalue weighted by Gasteiger charge is -2.36. The van der Waals surface area contributed by atoms with E-state index in [1.807, 2.05) is 0 Å². The normalized spacial score (nSPS) is 36.0. The van der Waals surface area contributed by atoms with Crippen molar-refractivity contribution in [2.75, 3.05) is 20.2 Å². The molecule has 116 valence electrons. The number of piperidine rings is 1. The van der Waals surface area contributed by atoms with Crippen molar-refractivity contribution in [1.82, 2.24) is 4.31 Å². The molecule has 5 nitrogen and oxygen atoms in total. The maximum Gasteiger partial charge on any atom is 0.310 e.